The lowest BCUT2D eigenvalue weighted by molar-refractivity contribution is 0.0946. The molecule has 3 nitrogen and oxygen atoms in total. The van der Waals surface area contributed by atoms with Gasteiger partial charge in [0.25, 0.3) is 5.91 Å². The third-order valence-corrected chi connectivity index (χ3v) is 4.50. The lowest BCUT2D eigenvalue weighted by Crippen LogP contribution is -2.32. The zero-order chi connectivity index (χ0) is 15.6. The molecule has 0 aliphatic heterocycles. The molecule has 1 N–H and O–H groups in total. The summed E-state index contributed by atoms with van der Waals surface area (Å²) < 4.78 is 5.24. The van der Waals surface area contributed by atoms with E-state index >= 15 is 0 Å². The van der Waals surface area contributed by atoms with Gasteiger partial charge in [-0.05, 0) is 42.7 Å². The molecule has 0 atom stereocenters. The summed E-state index contributed by atoms with van der Waals surface area (Å²) in [5.74, 6) is 0.494. The fourth-order valence-electron chi connectivity index (χ4n) is 2.70. The number of hydrogen-bond donors (Lipinski definition) is 1. The minimum Gasteiger partial charge on any atom is -0.496 e. The first-order valence-electron chi connectivity index (χ1n) is 7.32. The standard InChI is InChI=1S/C18H18ClNO2/c1-22-16-5-3-2-4-15(16)17(21)20-12-18(10-11-18)13-6-8-14(19)9-7-13/h2-9H,10-12H2,1H3,(H,20,21). The second kappa shape index (κ2) is 6.01. The molecule has 1 aliphatic carbocycles. The Balaban J connectivity index is 1.69. The van der Waals surface area contributed by atoms with Gasteiger partial charge in [-0.3, -0.25) is 4.79 Å². The van der Waals surface area contributed by atoms with Gasteiger partial charge in [0.1, 0.15) is 5.75 Å². The minimum atomic E-state index is -0.0994. The van der Waals surface area contributed by atoms with Crippen molar-refractivity contribution in [2.75, 3.05) is 13.7 Å². The Kier molecular flexibility index (Phi) is 4.08. The molecule has 0 saturated heterocycles. The zero-order valence-electron chi connectivity index (χ0n) is 12.4. The number of nitrogens with one attached hydrogen (secondary N) is 1. The van der Waals surface area contributed by atoms with Crippen molar-refractivity contribution in [2.45, 2.75) is 18.3 Å². The number of hydrogen-bond acceptors (Lipinski definition) is 2. The van der Waals surface area contributed by atoms with Crippen molar-refractivity contribution in [3.8, 4) is 5.75 Å². The van der Waals surface area contributed by atoms with E-state index < -0.39 is 0 Å². The highest BCUT2D eigenvalue weighted by Gasteiger charge is 2.44. The number of halogens is 1. The molecule has 22 heavy (non-hydrogen) atoms. The van der Waals surface area contributed by atoms with E-state index in [9.17, 15) is 4.79 Å². The lowest BCUT2D eigenvalue weighted by Gasteiger charge is -2.17. The van der Waals surface area contributed by atoms with Crippen LogP contribution in [0.1, 0.15) is 28.8 Å². The van der Waals surface area contributed by atoms with E-state index in [4.69, 9.17) is 16.3 Å². The van der Waals surface area contributed by atoms with Gasteiger partial charge in [-0.25, -0.2) is 0 Å². The van der Waals surface area contributed by atoms with Gasteiger partial charge in [-0.2, -0.15) is 0 Å². The van der Waals surface area contributed by atoms with Crippen molar-refractivity contribution >= 4 is 17.5 Å². The van der Waals surface area contributed by atoms with E-state index in [2.05, 4.69) is 5.32 Å². The van der Waals surface area contributed by atoms with Crippen LogP contribution in [0.3, 0.4) is 0 Å². The van der Waals surface area contributed by atoms with Crippen LogP contribution in [0.2, 0.25) is 5.02 Å². The fourth-order valence-corrected chi connectivity index (χ4v) is 2.82. The molecule has 1 amide bonds. The molecular formula is C18H18ClNO2. The summed E-state index contributed by atoms with van der Waals surface area (Å²) in [6.07, 6.45) is 2.17. The molecule has 1 aliphatic rings. The van der Waals surface area contributed by atoms with Crippen LogP contribution in [0.15, 0.2) is 48.5 Å². The molecule has 0 heterocycles. The van der Waals surface area contributed by atoms with Crippen LogP contribution in [-0.4, -0.2) is 19.6 Å². The van der Waals surface area contributed by atoms with Gasteiger partial charge in [0.15, 0.2) is 0 Å². The molecule has 114 valence electrons. The maximum absolute atomic E-state index is 12.4. The van der Waals surface area contributed by atoms with Crippen molar-refractivity contribution in [3.05, 3.63) is 64.7 Å². The summed E-state index contributed by atoms with van der Waals surface area (Å²) in [6, 6.07) is 15.2. The van der Waals surface area contributed by atoms with Crippen LogP contribution in [0, 0.1) is 0 Å². The first-order valence-corrected chi connectivity index (χ1v) is 7.70. The fraction of sp³-hybridized carbons (Fsp3) is 0.278. The molecule has 1 fully saturated rings. The van der Waals surface area contributed by atoms with Crippen molar-refractivity contribution in [1.29, 1.82) is 0 Å². The van der Waals surface area contributed by atoms with E-state index in [-0.39, 0.29) is 11.3 Å². The molecule has 1 saturated carbocycles. The maximum Gasteiger partial charge on any atom is 0.255 e. The van der Waals surface area contributed by atoms with Crippen LogP contribution in [-0.2, 0) is 5.41 Å². The van der Waals surface area contributed by atoms with Gasteiger partial charge in [-0.15, -0.1) is 0 Å². The number of rotatable bonds is 5. The van der Waals surface area contributed by atoms with Crippen LogP contribution in [0.25, 0.3) is 0 Å². The number of carbonyl (C=O) groups is 1. The number of carbonyl (C=O) groups excluding carboxylic acids is 1. The monoisotopic (exact) mass is 315 g/mol. The summed E-state index contributed by atoms with van der Waals surface area (Å²) in [7, 11) is 1.57. The number of benzene rings is 2. The number of para-hydroxylation sites is 1. The average Bonchev–Trinajstić information content (AvgIpc) is 3.34. The van der Waals surface area contributed by atoms with Crippen molar-refractivity contribution < 1.29 is 9.53 Å². The van der Waals surface area contributed by atoms with Gasteiger partial charge >= 0.3 is 0 Å². The summed E-state index contributed by atoms with van der Waals surface area (Å²) in [5, 5.41) is 3.77. The Labute approximate surface area is 135 Å². The van der Waals surface area contributed by atoms with Crippen LogP contribution in [0.4, 0.5) is 0 Å². The number of ether oxygens (including phenoxy) is 1. The van der Waals surface area contributed by atoms with Crippen LogP contribution in [0.5, 0.6) is 5.75 Å². The van der Waals surface area contributed by atoms with Gasteiger partial charge in [-0.1, -0.05) is 35.9 Å². The van der Waals surface area contributed by atoms with Gasteiger partial charge in [0.05, 0.1) is 12.7 Å². The summed E-state index contributed by atoms with van der Waals surface area (Å²) in [6.45, 7) is 0.630. The Bertz CT molecular complexity index is 678. The Morgan fingerprint density at radius 2 is 1.86 bits per heavy atom. The number of amides is 1. The summed E-state index contributed by atoms with van der Waals surface area (Å²) in [5.41, 5.74) is 1.86. The van der Waals surface area contributed by atoms with Gasteiger partial charge in [0.2, 0.25) is 0 Å². The third kappa shape index (κ3) is 2.95. The molecule has 0 aromatic heterocycles. The molecule has 2 aromatic carbocycles. The van der Waals surface area contributed by atoms with Gasteiger partial charge in [0, 0.05) is 17.0 Å². The van der Waals surface area contributed by atoms with E-state index in [0.717, 1.165) is 17.9 Å². The van der Waals surface area contributed by atoms with Gasteiger partial charge < -0.3 is 10.1 Å². The average molecular weight is 316 g/mol. The van der Waals surface area contributed by atoms with E-state index in [1.54, 1.807) is 19.2 Å². The minimum absolute atomic E-state index is 0.0578. The van der Waals surface area contributed by atoms with E-state index in [1.165, 1.54) is 5.56 Å². The molecule has 0 radical (unpaired) electrons. The second-order valence-corrected chi connectivity index (χ2v) is 6.11. The zero-order valence-corrected chi connectivity index (χ0v) is 13.2. The topological polar surface area (TPSA) is 38.3 Å². The first-order chi connectivity index (χ1) is 10.6. The van der Waals surface area contributed by atoms with Crippen molar-refractivity contribution in [1.82, 2.24) is 5.32 Å². The quantitative estimate of drug-likeness (QED) is 0.911. The molecule has 4 heteroatoms. The number of methoxy groups -OCH3 is 1. The van der Waals surface area contributed by atoms with Crippen molar-refractivity contribution in [2.24, 2.45) is 0 Å². The Hall–Kier alpha value is -2.00. The third-order valence-electron chi connectivity index (χ3n) is 4.25. The predicted octanol–water partition coefficient (Wildman–Crippen LogP) is 3.81. The summed E-state index contributed by atoms with van der Waals surface area (Å²) in [4.78, 5) is 12.4. The molecule has 2 aromatic rings. The molecule has 3 rings (SSSR count). The van der Waals surface area contributed by atoms with Crippen LogP contribution >= 0.6 is 11.6 Å². The molecule has 0 spiro atoms. The Morgan fingerprint density at radius 3 is 2.50 bits per heavy atom. The second-order valence-electron chi connectivity index (χ2n) is 5.67. The van der Waals surface area contributed by atoms with E-state index in [1.807, 2.05) is 36.4 Å². The smallest absolute Gasteiger partial charge is 0.255 e. The normalized spacial score (nSPS) is 15.2. The maximum atomic E-state index is 12.4. The van der Waals surface area contributed by atoms with Crippen LogP contribution < -0.4 is 10.1 Å². The molecule has 0 bridgehead atoms. The van der Waals surface area contributed by atoms with E-state index in [0.29, 0.717) is 17.9 Å². The largest absolute Gasteiger partial charge is 0.496 e. The molecular weight excluding hydrogens is 298 g/mol. The first kappa shape index (κ1) is 14.9. The predicted molar refractivity (Wildman–Crippen MR) is 87.7 cm³/mol. The Morgan fingerprint density at radius 1 is 1.18 bits per heavy atom. The molecule has 0 unspecified atom stereocenters. The lowest BCUT2D eigenvalue weighted by atomic mass is 9.96. The highest BCUT2D eigenvalue weighted by atomic mass is 35.5. The van der Waals surface area contributed by atoms with Crippen molar-refractivity contribution in [3.63, 3.8) is 0 Å². The SMILES string of the molecule is COc1ccccc1C(=O)NCC1(c2ccc(Cl)cc2)CC1. The highest BCUT2D eigenvalue weighted by molar-refractivity contribution is 6.30. The summed E-state index contributed by atoms with van der Waals surface area (Å²) >= 11 is 5.94. The highest BCUT2D eigenvalue weighted by Crippen LogP contribution is 2.47.